The molecule has 0 aliphatic carbocycles. The Hall–Kier alpha value is -0.860. The van der Waals surface area contributed by atoms with Gasteiger partial charge in [-0.3, -0.25) is 4.90 Å². The van der Waals surface area contributed by atoms with Gasteiger partial charge in [-0.15, -0.1) is 0 Å². The van der Waals surface area contributed by atoms with Crippen LogP contribution < -0.4 is 5.73 Å². The molecule has 2 heteroatoms. The minimum atomic E-state index is 0.392. The fraction of sp³-hybridized carbons (Fsp3) is 0.600. The van der Waals surface area contributed by atoms with E-state index in [1.54, 1.807) is 0 Å². The molecule has 2 unspecified atom stereocenters. The largest absolute Gasteiger partial charge is 0.327 e. The molecular weight excluding hydrogens is 208 g/mol. The van der Waals surface area contributed by atoms with Crippen molar-refractivity contribution in [2.24, 2.45) is 5.73 Å². The first-order valence-electron chi connectivity index (χ1n) is 6.79. The molecule has 1 fully saturated rings. The summed E-state index contributed by atoms with van der Waals surface area (Å²) in [7, 11) is 0. The number of nitrogens with zero attached hydrogens (tertiary/aromatic N) is 1. The van der Waals surface area contributed by atoms with Gasteiger partial charge >= 0.3 is 0 Å². The summed E-state index contributed by atoms with van der Waals surface area (Å²) in [6, 6.07) is 11.9. The molecule has 94 valence electrons. The summed E-state index contributed by atoms with van der Waals surface area (Å²) in [6.07, 6.45) is 4.86. The normalized spacial score (nSPS) is 26.0. The maximum Gasteiger partial charge on any atom is 0.0168 e. The number of hydrogen-bond acceptors (Lipinski definition) is 2. The van der Waals surface area contributed by atoms with Crippen LogP contribution in [0.25, 0.3) is 0 Å². The number of nitrogens with two attached hydrogens (primary N) is 1. The Bertz CT molecular complexity index is 323. The SMILES string of the molecule is CC1CCC(N)CN1CCCc1ccccc1. The van der Waals surface area contributed by atoms with E-state index in [0.717, 1.165) is 6.54 Å². The molecule has 2 nitrogen and oxygen atoms in total. The number of benzene rings is 1. The number of aryl methyl sites for hydroxylation is 1. The Kier molecular flexibility index (Phi) is 4.57. The molecule has 1 saturated heterocycles. The molecule has 1 heterocycles. The minimum absolute atomic E-state index is 0.392. The average Bonchev–Trinajstić information content (AvgIpc) is 2.35. The lowest BCUT2D eigenvalue weighted by atomic mass is 9.99. The van der Waals surface area contributed by atoms with Crippen molar-refractivity contribution in [3.8, 4) is 0 Å². The summed E-state index contributed by atoms with van der Waals surface area (Å²) in [4.78, 5) is 2.55. The predicted molar refractivity (Wildman–Crippen MR) is 73.0 cm³/mol. The van der Waals surface area contributed by atoms with Gasteiger partial charge in [0.15, 0.2) is 0 Å². The van der Waals surface area contributed by atoms with E-state index in [4.69, 9.17) is 5.73 Å². The third-order valence-corrected chi connectivity index (χ3v) is 3.80. The van der Waals surface area contributed by atoms with Crippen LogP contribution in [0, 0.1) is 0 Å². The zero-order chi connectivity index (χ0) is 12.1. The standard InChI is InChI=1S/C15H24N2/c1-13-9-10-15(16)12-17(13)11-5-8-14-6-3-2-4-7-14/h2-4,6-7,13,15H,5,8-12,16H2,1H3. The molecule has 0 spiro atoms. The van der Waals surface area contributed by atoms with Crippen molar-refractivity contribution in [3.63, 3.8) is 0 Å². The van der Waals surface area contributed by atoms with Gasteiger partial charge in [-0.25, -0.2) is 0 Å². The summed E-state index contributed by atoms with van der Waals surface area (Å²) in [5, 5.41) is 0. The van der Waals surface area contributed by atoms with Gasteiger partial charge in [-0.1, -0.05) is 30.3 Å². The summed E-state index contributed by atoms with van der Waals surface area (Å²) in [5.41, 5.74) is 7.47. The highest BCUT2D eigenvalue weighted by molar-refractivity contribution is 5.14. The minimum Gasteiger partial charge on any atom is -0.327 e. The lowest BCUT2D eigenvalue weighted by Gasteiger charge is -2.36. The van der Waals surface area contributed by atoms with E-state index < -0.39 is 0 Å². The Morgan fingerprint density at radius 1 is 1.24 bits per heavy atom. The van der Waals surface area contributed by atoms with Crippen LogP contribution in [0.2, 0.25) is 0 Å². The van der Waals surface area contributed by atoms with Crippen molar-refractivity contribution in [2.75, 3.05) is 13.1 Å². The van der Waals surface area contributed by atoms with Gasteiger partial charge in [0.25, 0.3) is 0 Å². The van der Waals surface area contributed by atoms with Crippen LogP contribution >= 0.6 is 0 Å². The zero-order valence-electron chi connectivity index (χ0n) is 10.8. The molecule has 2 atom stereocenters. The second-order valence-electron chi connectivity index (χ2n) is 5.27. The van der Waals surface area contributed by atoms with Crippen molar-refractivity contribution in [3.05, 3.63) is 35.9 Å². The Balaban J connectivity index is 1.74. The predicted octanol–water partition coefficient (Wildman–Crippen LogP) is 2.43. The fourth-order valence-electron chi connectivity index (χ4n) is 2.65. The molecular formula is C15H24N2. The van der Waals surface area contributed by atoms with Crippen molar-refractivity contribution in [1.82, 2.24) is 4.90 Å². The summed E-state index contributed by atoms with van der Waals surface area (Å²) in [5.74, 6) is 0. The molecule has 17 heavy (non-hydrogen) atoms. The van der Waals surface area contributed by atoms with Gasteiger partial charge in [0, 0.05) is 18.6 Å². The van der Waals surface area contributed by atoms with E-state index in [2.05, 4.69) is 42.2 Å². The van der Waals surface area contributed by atoms with E-state index in [-0.39, 0.29) is 0 Å². The Labute approximate surface area is 105 Å². The lowest BCUT2D eigenvalue weighted by Crippen LogP contribution is -2.47. The van der Waals surface area contributed by atoms with Gasteiger partial charge in [0.05, 0.1) is 0 Å². The Morgan fingerprint density at radius 3 is 2.76 bits per heavy atom. The van der Waals surface area contributed by atoms with Crippen LogP contribution in [0.3, 0.4) is 0 Å². The Morgan fingerprint density at radius 2 is 2.00 bits per heavy atom. The molecule has 0 saturated carbocycles. The first kappa shape index (κ1) is 12.6. The molecule has 0 aromatic heterocycles. The molecule has 1 aliphatic heterocycles. The quantitative estimate of drug-likeness (QED) is 0.864. The summed E-state index contributed by atoms with van der Waals surface area (Å²) >= 11 is 0. The van der Waals surface area contributed by atoms with E-state index >= 15 is 0 Å². The average molecular weight is 232 g/mol. The van der Waals surface area contributed by atoms with Crippen molar-refractivity contribution >= 4 is 0 Å². The topological polar surface area (TPSA) is 29.3 Å². The van der Waals surface area contributed by atoms with Gasteiger partial charge in [0.1, 0.15) is 0 Å². The van der Waals surface area contributed by atoms with Crippen molar-refractivity contribution < 1.29 is 0 Å². The smallest absolute Gasteiger partial charge is 0.0168 e. The molecule has 0 bridgehead atoms. The fourth-order valence-corrected chi connectivity index (χ4v) is 2.65. The second kappa shape index (κ2) is 6.18. The van der Waals surface area contributed by atoms with Crippen LogP contribution in [0.1, 0.15) is 31.7 Å². The first-order valence-corrected chi connectivity index (χ1v) is 6.79. The van der Waals surface area contributed by atoms with E-state index in [1.807, 2.05) is 0 Å². The first-order chi connectivity index (χ1) is 8.25. The van der Waals surface area contributed by atoms with Crippen LogP contribution in [0.4, 0.5) is 0 Å². The van der Waals surface area contributed by atoms with E-state index in [1.165, 1.54) is 37.8 Å². The van der Waals surface area contributed by atoms with E-state index in [0.29, 0.717) is 12.1 Å². The van der Waals surface area contributed by atoms with Crippen molar-refractivity contribution in [1.29, 1.82) is 0 Å². The van der Waals surface area contributed by atoms with Gasteiger partial charge in [0.2, 0.25) is 0 Å². The molecule has 1 aromatic carbocycles. The maximum absolute atomic E-state index is 6.03. The molecule has 2 N–H and O–H groups in total. The molecule has 1 aliphatic rings. The van der Waals surface area contributed by atoms with Gasteiger partial charge in [-0.2, -0.15) is 0 Å². The third-order valence-electron chi connectivity index (χ3n) is 3.80. The second-order valence-corrected chi connectivity index (χ2v) is 5.27. The number of piperidine rings is 1. The molecule has 0 amide bonds. The number of rotatable bonds is 4. The van der Waals surface area contributed by atoms with Crippen LogP contribution in [-0.2, 0) is 6.42 Å². The molecule has 1 aromatic rings. The number of likely N-dealkylation sites (tertiary alicyclic amines) is 1. The monoisotopic (exact) mass is 232 g/mol. The highest BCUT2D eigenvalue weighted by Crippen LogP contribution is 2.16. The third kappa shape index (κ3) is 3.83. The van der Waals surface area contributed by atoms with Crippen LogP contribution in [0.5, 0.6) is 0 Å². The van der Waals surface area contributed by atoms with Crippen LogP contribution in [-0.4, -0.2) is 30.1 Å². The zero-order valence-corrected chi connectivity index (χ0v) is 10.8. The van der Waals surface area contributed by atoms with Gasteiger partial charge in [-0.05, 0) is 44.7 Å². The van der Waals surface area contributed by atoms with Crippen LogP contribution in [0.15, 0.2) is 30.3 Å². The highest BCUT2D eigenvalue weighted by Gasteiger charge is 2.22. The van der Waals surface area contributed by atoms with Crippen molar-refractivity contribution in [2.45, 2.75) is 44.7 Å². The molecule has 0 radical (unpaired) electrons. The summed E-state index contributed by atoms with van der Waals surface area (Å²) in [6.45, 7) is 4.59. The highest BCUT2D eigenvalue weighted by atomic mass is 15.2. The summed E-state index contributed by atoms with van der Waals surface area (Å²) < 4.78 is 0. The lowest BCUT2D eigenvalue weighted by molar-refractivity contribution is 0.144. The number of hydrogen-bond donors (Lipinski definition) is 1. The van der Waals surface area contributed by atoms with Gasteiger partial charge < -0.3 is 5.73 Å². The maximum atomic E-state index is 6.03. The van der Waals surface area contributed by atoms with E-state index in [9.17, 15) is 0 Å². The molecule has 2 rings (SSSR count).